The van der Waals surface area contributed by atoms with E-state index >= 15 is 0 Å². The zero-order valence-electron chi connectivity index (χ0n) is 30.6. The summed E-state index contributed by atoms with van der Waals surface area (Å²) in [6.07, 6.45) is 3.63. The number of nitrogens with two attached hydrogens (primary N) is 1. The van der Waals surface area contributed by atoms with Crippen LogP contribution in [0, 0.1) is 6.92 Å². The number of fused-ring (bicyclic) bond motifs is 4. The van der Waals surface area contributed by atoms with Crippen molar-refractivity contribution in [2.24, 2.45) is 5.73 Å². The topological polar surface area (TPSA) is 30.9 Å². The number of benzene rings is 9. The van der Waals surface area contributed by atoms with E-state index in [1.165, 1.54) is 93.3 Å². The highest BCUT2D eigenvalue weighted by molar-refractivity contribution is 6.21. The minimum absolute atomic E-state index is 1.10. The van der Waals surface area contributed by atoms with Crippen molar-refractivity contribution < 1.29 is 0 Å². The molecule has 55 heavy (non-hydrogen) atoms. The molecule has 0 bridgehead atoms. The van der Waals surface area contributed by atoms with E-state index < -0.39 is 0 Å². The Balaban J connectivity index is 1.06. The summed E-state index contributed by atoms with van der Waals surface area (Å²) in [6, 6.07) is 68.5. The van der Waals surface area contributed by atoms with E-state index in [0.29, 0.717) is 0 Å². The predicted molar refractivity (Wildman–Crippen MR) is 235 cm³/mol. The average molecular weight is 703 g/mol. The first-order valence-electron chi connectivity index (χ1n) is 18.9. The molecule has 0 amide bonds. The van der Waals surface area contributed by atoms with Gasteiger partial charge in [0.05, 0.1) is 11.2 Å². The Morgan fingerprint density at radius 3 is 1.42 bits per heavy atom. The van der Waals surface area contributed by atoms with Gasteiger partial charge in [-0.1, -0.05) is 158 Å². The fourth-order valence-electron chi connectivity index (χ4n) is 8.57. The van der Waals surface area contributed by atoms with Crippen molar-refractivity contribution in [2.45, 2.75) is 6.92 Å². The third-order valence-electron chi connectivity index (χ3n) is 11.2. The second kappa shape index (κ2) is 13.4. The van der Waals surface area contributed by atoms with E-state index in [0.717, 1.165) is 11.4 Å². The number of aryl methyl sites for hydroxylation is 1. The van der Waals surface area contributed by atoms with Crippen LogP contribution in [-0.4, -0.2) is 4.57 Å². The number of aromatic nitrogens is 1. The maximum atomic E-state index is 5.93. The molecule has 0 atom stereocenters. The third-order valence-corrected chi connectivity index (χ3v) is 11.2. The number of nitrogens with zero attached hydrogens (tertiary/aromatic N) is 1. The summed E-state index contributed by atoms with van der Waals surface area (Å²) in [5, 5.41) is 8.75. The molecule has 0 aliphatic rings. The fraction of sp³-hybridized carbons (Fsp3) is 0.0189. The molecule has 0 aliphatic carbocycles. The molecule has 1 heterocycles. The predicted octanol–water partition coefficient (Wildman–Crippen LogP) is 14.0. The molecule has 260 valence electrons. The Bertz CT molecular complexity index is 3020. The second-order valence-electron chi connectivity index (χ2n) is 14.3. The molecule has 2 heteroatoms. The second-order valence-corrected chi connectivity index (χ2v) is 14.3. The molecule has 1 aromatic heterocycles. The van der Waals surface area contributed by atoms with Crippen LogP contribution in [0.1, 0.15) is 11.3 Å². The molecule has 9 aromatic carbocycles. The first-order chi connectivity index (χ1) is 27.2. The van der Waals surface area contributed by atoms with E-state index in [4.69, 9.17) is 5.73 Å². The molecule has 2 nitrogen and oxygen atoms in total. The Morgan fingerprint density at radius 1 is 0.400 bits per heavy atom. The van der Waals surface area contributed by atoms with Crippen molar-refractivity contribution in [3.63, 3.8) is 0 Å². The summed E-state index contributed by atoms with van der Waals surface area (Å²) in [5.41, 5.74) is 20.3. The van der Waals surface area contributed by atoms with E-state index in [2.05, 4.69) is 193 Å². The van der Waals surface area contributed by atoms with Gasteiger partial charge >= 0.3 is 0 Å². The van der Waals surface area contributed by atoms with Crippen LogP contribution in [0.5, 0.6) is 0 Å². The SMILES string of the molecule is Cc1c(/C=C\N)n(-c2ccccc2)c2ccc(-c3ccc(-c4c5ccccc5c(-c5ccc(-c6ccc7ccccc7c6)cc5)c5ccccc45)cc3)cc12. The quantitative estimate of drug-likeness (QED) is 0.172. The number of para-hydroxylation sites is 1. The van der Waals surface area contributed by atoms with Gasteiger partial charge in [0.2, 0.25) is 0 Å². The summed E-state index contributed by atoms with van der Waals surface area (Å²) < 4.78 is 2.29. The van der Waals surface area contributed by atoms with Gasteiger partial charge in [0.15, 0.2) is 0 Å². The largest absolute Gasteiger partial charge is 0.405 e. The number of rotatable bonds is 6. The molecule has 0 spiro atoms. The molecule has 0 radical (unpaired) electrons. The third kappa shape index (κ3) is 5.50. The highest BCUT2D eigenvalue weighted by Gasteiger charge is 2.18. The summed E-state index contributed by atoms with van der Waals surface area (Å²) >= 11 is 0. The standard InChI is InChI=1S/C53H38N2/c1-35-49-34-43(29-30-51(49)55(50(35)31-32-54)44-13-3-2-4-14-44)38-21-26-40(27-22-38)53-47-17-9-7-15-45(47)52(46-16-8-10-18-48(46)53)39-24-19-37(20-25-39)42-28-23-36-11-5-6-12-41(36)33-42/h2-34H,54H2,1H3/b32-31-. The molecule has 0 fully saturated rings. The maximum absolute atomic E-state index is 5.93. The normalized spacial score (nSPS) is 11.7. The van der Waals surface area contributed by atoms with E-state index in [1.807, 2.05) is 12.1 Å². The number of hydrogen-bond donors (Lipinski definition) is 1. The molecular formula is C53H38N2. The van der Waals surface area contributed by atoms with Crippen molar-refractivity contribution in [3.8, 4) is 50.2 Å². The van der Waals surface area contributed by atoms with Crippen LogP contribution in [0.25, 0.3) is 99.5 Å². The zero-order chi connectivity index (χ0) is 36.9. The lowest BCUT2D eigenvalue weighted by molar-refractivity contribution is 1.10. The van der Waals surface area contributed by atoms with Crippen LogP contribution in [0.4, 0.5) is 0 Å². The van der Waals surface area contributed by atoms with Crippen LogP contribution in [0.15, 0.2) is 194 Å². The van der Waals surface area contributed by atoms with E-state index in [1.54, 1.807) is 6.20 Å². The zero-order valence-corrected chi connectivity index (χ0v) is 30.6. The van der Waals surface area contributed by atoms with Gasteiger partial charge in [0.25, 0.3) is 0 Å². The van der Waals surface area contributed by atoms with Crippen molar-refractivity contribution in [2.75, 3.05) is 0 Å². The summed E-state index contributed by atoms with van der Waals surface area (Å²) in [4.78, 5) is 0. The van der Waals surface area contributed by atoms with Crippen LogP contribution in [-0.2, 0) is 0 Å². The molecule has 10 aromatic rings. The maximum Gasteiger partial charge on any atom is 0.0538 e. The molecule has 10 rings (SSSR count). The van der Waals surface area contributed by atoms with Crippen LogP contribution in [0.2, 0.25) is 0 Å². The van der Waals surface area contributed by atoms with Crippen LogP contribution in [0.3, 0.4) is 0 Å². The highest BCUT2D eigenvalue weighted by Crippen LogP contribution is 2.44. The minimum atomic E-state index is 1.10. The van der Waals surface area contributed by atoms with Gasteiger partial charge in [-0.15, -0.1) is 0 Å². The van der Waals surface area contributed by atoms with Crippen molar-refractivity contribution in [3.05, 3.63) is 206 Å². The lowest BCUT2D eigenvalue weighted by Crippen LogP contribution is -1.97. The summed E-state index contributed by atoms with van der Waals surface area (Å²) in [6.45, 7) is 2.18. The van der Waals surface area contributed by atoms with Crippen molar-refractivity contribution >= 4 is 49.3 Å². The van der Waals surface area contributed by atoms with Gasteiger partial charge < -0.3 is 10.3 Å². The van der Waals surface area contributed by atoms with Gasteiger partial charge in [0, 0.05) is 11.1 Å². The molecule has 2 N–H and O–H groups in total. The van der Waals surface area contributed by atoms with Gasteiger partial charge in [-0.2, -0.15) is 0 Å². The lowest BCUT2D eigenvalue weighted by Gasteiger charge is -2.18. The Labute approximate surface area is 321 Å². The van der Waals surface area contributed by atoms with Gasteiger partial charge in [-0.25, -0.2) is 0 Å². The summed E-state index contributed by atoms with van der Waals surface area (Å²) in [7, 11) is 0. The van der Waals surface area contributed by atoms with Crippen LogP contribution < -0.4 is 5.73 Å². The average Bonchev–Trinajstić information content (AvgIpc) is 3.53. The van der Waals surface area contributed by atoms with E-state index in [9.17, 15) is 0 Å². The Hall–Kier alpha value is -7.16. The highest BCUT2D eigenvalue weighted by atomic mass is 15.0. The smallest absolute Gasteiger partial charge is 0.0538 e. The molecule has 0 aliphatic heterocycles. The molecule has 0 unspecified atom stereocenters. The number of hydrogen-bond acceptors (Lipinski definition) is 1. The van der Waals surface area contributed by atoms with Gasteiger partial charge in [-0.3, -0.25) is 0 Å². The first-order valence-corrected chi connectivity index (χ1v) is 18.9. The van der Waals surface area contributed by atoms with Crippen molar-refractivity contribution in [1.29, 1.82) is 0 Å². The Kier molecular flexibility index (Phi) is 7.89. The minimum Gasteiger partial charge on any atom is -0.405 e. The fourth-order valence-corrected chi connectivity index (χ4v) is 8.57. The van der Waals surface area contributed by atoms with Crippen molar-refractivity contribution in [1.82, 2.24) is 4.57 Å². The molecule has 0 saturated heterocycles. The summed E-state index contributed by atoms with van der Waals surface area (Å²) in [5.74, 6) is 0. The van der Waals surface area contributed by atoms with Gasteiger partial charge in [-0.05, 0) is 132 Å². The monoisotopic (exact) mass is 702 g/mol. The lowest BCUT2D eigenvalue weighted by atomic mass is 9.85. The molecule has 0 saturated carbocycles. The van der Waals surface area contributed by atoms with Crippen LogP contribution >= 0.6 is 0 Å². The van der Waals surface area contributed by atoms with Gasteiger partial charge in [0.1, 0.15) is 0 Å². The Morgan fingerprint density at radius 2 is 0.855 bits per heavy atom. The molecular weight excluding hydrogens is 665 g/mol. The first kappa shape index (κ1) is 32.5. The van der Waals surface area contributed by atoms with E-state index in [-0.39, 0.29) is 0 Å².